The summed E-state index contributed by atoms with van der Waals surface area (Å²) in [6, 6.07) is 10.5. The predicted octanol–water partition coefficient (Wildman–Crippen LogP) is 2.88. The third kappa shape index (κ3) is 2.15. The van der Waals surface area contributed by atoms with E-state index in [4.69, 9.17) is 0 Å². The molecule has 2 aromatic heterocycles. The molecule has 0 saturated carbocycles. The number of carbonyl (C=O) groups is 1. The number of thiophene rings is 1. The molecular weight excluding hydrogens is 306 g/mol. The number of pyridine rings is 1. The molecule has 0 aliphatic carbocycles. The van der Waals surface area contributed by atoms with Crippen LogP contribution in [0.1, 0.15) is 16.9 Å². The first-order valence-corrected chi connectivity index (χ1v) is 8.90. The van der Waals surface area contributed by atoms with Crippen LogP contribution in [-0.2, 0) is 0 Å². The average molecular weight is 323 g/mol. The monoisotopic (exact) mass is 323 g/mol. The van der Waals surface area contributed by atoms with E-state index in [1.165, 1.54) is 23.1 Å². The standard InChI is InChI=1S/C18H17N3OS/c22-18(20-15-10-21-6-5-11(15)9-21)14-7-17-13(8-19-14)12-3-1-2-4-16(12)23-17/h1-4,7-8,11,15H,5-6,9-10H2,(H,20,22). The Morgan fingerprint density at radius 2 is 2.13 bits per heavy atom. The fourth-order valence-electron chi connectivity index (χ4n) is 3.93. The van der Waals surface area contributed by atoms with Gasteiger partial charge in [0, 0.05) is 45.5 Å². The lowest BCUT2D eigenvalue weighted by Gasteiger charge is -2.22. The van der Waals surface area contributed by atoms with Crippen LogP contribution in [0.15, 0.2) is 36.5 Å². The quantitative estimate of drug-likeness (QED) is 0.789. The van der Waals surface area contributed by atoms with Gasteiger partial charge in [0.05, 0.1) is 0 Å². The Labute approximate surface area is 138 Å². The smallest absolute Gasteiger partial charge is 0.270 e. The fourth-order valence-corrected chi connectivity index (χ4v) is 5.05. The Balaban J connectivity index is 1.45. The van der Waals surface area contributed by atoms with Crippen LogP contribution in [-0.4, -0.2) is 41.5 Å². The molecule has 23 heavy (non-hydrogen) atoms. The maximum absolute atomic E-state index is 12.5. The van der Waals surface area contributed by atoms with Crippen molar-refractivity contribution in [2.24, 2.45) is 5.92 Å². The van der Waals surface area contributed by atoms with Gasteiger partial charge in [-0.25, -0.2) is 0 Å². The minimum absolute atomic E-state index is 0.0388. The number of carbonyl (C=O) groups excluding carboxylic acids is 1. The minimum Gasteiger partial charge on any atom is -0.346 e. The Morgan fingerprint density at radius 3 is 2.96 bits per heavy atom. The summed E-state index contributed by atoms with van der Waals surface area (Å²) >= 11 is 1.72. The summed E-state index contributed by atoms with van der Waals surface area (Å²) < 4.78 is 2.37. The molecule has 1 amide bonds. The van der Waals surface area contributed by atoms with E-state index >= 15 is 0 Å². The lowest BCUT2D eigenvalue weighted by atomic mass is 10.00. The lowest BCUT2D eigenvalue weighted by Crippen LogP contribution is -2.43. The minimum atomic E-state index is -0.0388. The van der Waals surface area contributed by atoms with E-state index in [1.54, 1.807) is 11.3 Å². The van der Waals surface area contributed by atoms with Gasteiger partial charge >= 0.3 is 0 Å². The van der Waals surface area contributed by atoms with E-state index in [0.717, 1.165) is 23.2 Å². The average Bonchev–Trinajstić information content (AvgIpc) is 3.27. The van der Waals surface area contributed by atoms with Crippen LogP contribution < -0.4 is 5.32 Å². The molecule has 2 bridgehead atoms. The number of aromatic nitrogens is 1. The molecule has 116 valence electrons. The zero-order valence-electron chi connectivity index (χ0n) is 12.7. The summed E-state index contributed by atoms with van der Waals surface area (Å²) in [6.07, 6.45) is 3.04. The summed E-state index contributed by atoms with van der Waals surface area (Å²) in [5.41, 5.74) is 0.529. The molecule has 4 heterocycles. The number of piperidine rings is 1. The Bertz CT molecular complexity index is 919. The summed E-state index contributed by atoms with van der Waals surface area (Å²) in [5.74, 6) is 0.579. The summed E-state index contributed by atoms with van der Waals surface area (Å²) in [6.45, 7) is 3.30. The van der Waals surface area contributed by atoms with Crippen molar-refractivity contribution in [2.75, 3.05) is 19.6 Å². The van der Waals surface area contributed by atoms with Crippen LogP contribution in [0.25, 0.3) is 20.2 Å². The van der Waals surface area contributed by atoms with Crippen LogP contribution in [0, 0.1) is 5.92 Å². The molecule has 5 heteroatoms. The van der Waals surface area contributed by atoms with Gasteiger partial charge in [-0.1, -0.05) is 18.2 Å². The molecule has 5 rings (SSSR count). The van der Waals surface area contributed by atoms with Gasteiger partial charge < -0.3 is 10.2 Å². The molecular formula is C18H17N3OS. The van der Waals surface area contributed by atoms with Crippen LogP contribution in [0.5, 0.6) is 0 Å². The SMILES string of the molecule is O=C(NC1CN2CCC1C2)c1cc2sc3ccccc3c2cn1. The van der Waals surface area contributed by atoms with Crippen LogP contribution in [0.3, 0.4) is 0 Å². The first-order chi connectivity index (χ1) is 11.3. The summed E-state index contributed by atoms with van der Waals surface area (Å²) in [7, 11) is 0. The van der Waals surface area contributed by atoms with Gasteiger partial charge in [0.1, 0.15) is 5.69 Å². The fraction of sp³-hybridized carbons (Fsp3) is 0.333. The van der Waals surface area contributed by atoms with Crippen LogP contribution in [0.2, 0.25) is 0 Å². The molecule has 1 aromatic carbocycles. The lowest BCUT2D eigenvalue weighted by molar-refractivity contribution is 0.0919. The first-order valence-electron chi connectivity index (χ1n) is 8.08. The molecule has 0 radical (unpaired) electrons. The number of hydrogen-bond acceptors (Lipinski definition) is 4. The summed E-state index contributed by atoms with van der Waals surface area (Å²) in [4.78, 5) is 19.4. The van der Waals surface area contributed by atoms with Crippen molar-refractivity contribution in [3.8, 4) is 0 Å². The van der Waals surface area contributed by atoms with E-state index in [1.807, 2.05) is 24.4 Å². The number of amides is 1. The maximum atomic E-state index is 12.5. The van der Waals surface area contributed by atoms with Crippen molar-refractivity contribution < 1.29 is 4.79 Å². The second-order valence-corrected chi connectivity index (χ2v) is 7.64. The van der Waals surface area contributed by atoms with E-state index in [2.05, 4.69) is 27.3 Å². The van der Waals surface area contributed by atoms with Gasteiger partial charge in [-0.15, -0.1) is 11.3 Å². The molecule has 0 spiro atoms. The normalized spacial score (nSPS) is 26.2. The van der Waals surface area contributed by atoms with Crippen molar-refractivity contribution in [1.82, 2.24) is 15.2 Å². The summed E-state index contributed by atoms with van der Waals surface area (Å²) in [5, 5.41) is 5.53. The van der Waals surface area contributed by atoms with E-state index in [-0.39, 0.29) is 11.9 Å². The Kier molecular flexibility index (Phi) is 2.93. The number of hydrogen-bond donors (Lipinski definition) is 1. The number of rotatable bonds is 2. The molecule has 2 saturated heterocycles. The van der Waals surface area contributed by atoms with Crippen molar-refractivity contribution in [1.29, 1.82) is 0 Å². The van der Waals surface area contributed by atoms with Gasteiger partial charge in [-0.05, 0) is 31.0 Å². The number of fused-ring (bicyclic) bond motifs is 5. The number of nitrogens with zero attached hydrogens (tertiary/aromatic N) is 2. The van der Waals surface area contributed by atoms with Crippen molar-refractivity contribution in [3.63, 3.8) is 0 Å². The third-order valence-corrected chi connectivity index (χ3v) is 6.28. The largest absolute Gasteiger partial charge is 0.346 e. The molecule has 4 nitrogen and oxygen atoms in total. The van der Waals surface area contributed by atoms with Crippen molar-refractivity contribution in [2.45, 2.75) is 12.5 Å². The van der Waals surface area contributed by atoms with Gasteiger partial charge in [-0.3, -0.25) is 9.78 Å². The highest BCUT2D eigenvalue weighted by Gasteiger charge is 2.38. The van der Waals surface area contributed by atoms with E-state index in [9.17, 15) is 4.79 Å². The van der Waals surface area contributed by atoms with E-state index < -0.39 is 0 Å². The molecule has 1 N–H and O–H groups in total. The second kappa shape index (κ2) is 5.01. The maximum Gasteiger partial charge on any atom is 0.270 e. The highest BCUT2D eigenvalue weighted by Crippen LogP contribution is 2.33. The Morgan fingerprint density at radius 1 is 1.22 bits per heavy atom. The highest BCUT2D eigenvalue weighted by molar-refractivity contribution is 7.25. The van der Waals surface area contributed by atoms with E-state index in [0.29, 0.717) is 11.6 Å². The predicted molar refractivity (Wildman–Crippen MR) is 92.9 cm³/mol. The highest BCUT2D eigenvalue weighted by atomic mass is 32.1. The third-order valence-electron chi connectivity index (χ3n) is 5.15. The van der Waals surface area contributed by atoms with Gasteiger partial charge in [0.25, 0.3) is 5.91 Å². The molecule has 3 aromatic rings. The molecule has 2 fully saturated rings. The van der Waals surface area contributed by atoms with Gasteiger partial charge in [-0.2, -0.15) is 0 Å². The van der Waals surface area contributed by atoms with Gasteiger partial charge in [0.15, 0.2) is 0 Å². The zero-order chi connectivity index (χ0) is 15.4. The number of benzene rings is 1. The molecule has 3 unspecified atom stereocenters. The molecule has 3 atom stereocenters. The van der Waals surface area contributed by atoms with Crippen LogP contribution in [0.4, 0.5) is 0 Å². The van der Waals surface area contributed by atoms with Crippen LogP contribution >= 0.6 is 11.3 Å². The topological polar surface area (TPSA) is 45.2 Å². The molecule has 2 aliphatic rings. The van der Waals surface area contributed by atoms with Crippen molar-refractivity contribution in [3.05, 3.63) is 42.2 Å². The number of nitrogens with one attached hydrogen (secondary N) is 1. The zero-order valence-corrected chi connectivity index (χ0v) is 13.5. The second-order valence-electron chi connectivity index (χ2n) is 6.55. The Hall–Kier alpha value is -1.98. The first kappa shape index (κ1) is 13.5. The van der Waals surface area contributed by atoms with Crippen molar-refractivity contribution >= 4 is 37.4 Å². The van der Waals surface area contributed by atoms with Gasteiger partial charge in [0.2, 0.25) is 0 Å². The molecule has 2 aliphatic heterocycles.